The van der Waals surface area contributed by atoms with E-state index < -0.39 is 8.32 Å². The first-order valence-corrected chi connectivity index (χ1v) is 11.7. The van der Waals surface area contributed by atoms with Crippen LogP contribution >= 0.6 is 0 Å². The molecule has 1 unspecified atom stereocenters. The molecular weight excluding hydrogens is 304 g/mol. The minimum Gasteiger partial charge on any atom is -0.405 e. The molecule has 0 aliphatic carbocycles. The monoisotopic (exact) mass is 338 g/mol. The van der Waals surface area contributed by atoms with Crippen molar-refractivity contribution in [1.29, 1.82) is 0 Å². The molecule has 1 fully saturated rings. The number of hydrogen-bond acceptors (Lipinski definition) is 3. The van der Waals surface area contributed by atoms with E-state index in [9.17, 15) is 4.79 Å². The molecule has 0 N–H and O–H groups in total. The number of carbonyl (C=O) groups excluding carboxylic acids is 1. The Kier molecular flexibility index (Phi) is 7.31. The average Bonchev–Trinajstić information content (AvgIpc) is 2.78. The summed E-state index contributed by atoms with van der Waals surface area (Å²) in [5.74, 6) is 6.43. The van der Waals surface area contributed by atoms with Crippen molar-refractivity contribution in [3.63, 3.8) is 0 Å². The van der Waals surface area contributed by atoms with Gasteiger partial charge in [0.05, 0.1) is 13.1 Å². The van der Waals surface area contributed by atoms with Crippen molar-refractivity contribution in [2.45, 2.75) is 65.3 Å². The first-order valence-electron chi connectivity index (χ1n) is 8.77. The van der Waals surface area contributed by atoms with Gasteiger partial charge >= 0.3 is 0 Å². The molecule has 1 aliphatic heterocycles. The van der Waals surface area contributed by atoms with Crippen LogP contribution in [0.2, 0.25) is 18.1 Å². The normalized spacial score (nSPS) is 19.2. The molecular formula is C18H34N2O2Si. The fourth-order valence-corrected chi connectivity index (χ4v) is 3.56. The smallest absolute Gasteiger partial charge is 0.251 e. The Labute approximate surface area is 143 Å². The van der Waals surface area contributed by atoms with Crippen molar-refractivity contribution in [2.24, 2.45) is 0 Å². The Morgan fingerprint density at radius 2 is 1.87 bits per heavy atom. The summed E-state index contributed by atoms with van der Waals surface area (Å²) in [4.78, 5) is 16.6. The predicted octanol–water partition coefficient (Wildman–Crippen LogP) is 2.95. The lowest BCUT2D eigenvalue weighted by Gasteiger charge is -2.37. The highest BCUT2D eigenvalue weighted by atomic mass is 28.4. The minimum absolute atomic E-state index is 0.118. The van der Waals surface area contributed by atoms with E-state index in [0.29, 0.717) is 6.54 Å². The van der Waals surface area contributed by atoms with Crippen LogP contribution in [-0.4, -0.2) is 62.9 Å². The van der Waals surface area contributed by atoms with Gasteiger partial charge < -0.3 is 9.33 Å². The van der Waals surface area contributed by atoms with Crippen LogP contribution in [-0.2, 0) is 9.22 Å². The molecule has 0 bridgehead atoms. The third kappa shape index (κ3) is 5.63. The van der Waals surface area contributed by atoms with Crippen LogP contribution in [0.25, 0.3) is 0 Å². The third-order valence-corrected chi connectivity index (χ3v) is 9.57. The summed E-state index contributed by atoms with van der Waals surface area (Å²) in [5.41, 5.74) is 0. The molecule has 1 rings (SSSR count). The zero-order valence-electron chi connectivity index (χ0n) is 16.0. The molecule has 1 atom stereocenters. The second kappa shape index (κ2) is 8.32. The summed E-state index contributed by atoms with van der Waals surface area (Å²) >= 11 is 0. The molecule has 0 saturated carbocycles. The van der Waals surface area contributed by atoms with Crippen molar-refractivity contribution in [3.8, 4) is 11.8 Å². The van der Waals surface area contributed by atoms with Crippen LogP contribution in [0.4, 0.5) is 0 Å². The Hall–Kier alpha value is -0.833. The van der Waals surface area contributed by atoms with Crippen molar-refractivity contribution in [3.05, 3.63) is 0 Å². The maximum Gasteiger partial charge on any atom is 0.251 e. The molecule has 0 spiro atoms. The SMILES string of the molecule is CCN(CC)CC#CCN1CCC(O[Si](C)(C)C(C)(C)C)C1=O. The second-order valence-corrected chi connectivity index (χ2v) is 12.5. The molecule has 0 aromatic carbocycles. The maximum absolute atomic E-state index is 12.5. The number of nitrogens with zero attached hydrogens (tertiary/aromatic N) is 2. The zero-order chi connectivity index (χ0) is 17.7. The van der Waals surface area contributed by atoms with E-state index >= 15 is 0 Å². The second-order valence-electron chi connectivity index (χ2n) is 7.73. The van der Waals surface area contributed by atoms with Crippen molar-refractivity contribution in [1.82, 2.24) is 9.80 Å². The summed E-state index contributed by atoms with van der Waals surface area (Å²) in [6.07, 6.45) is 0.531. The first-order chi connectivity index (χ1) is 10.6. The van der Waals surface area contributed by atoms with Crippen molar-refractivity contribution in [2.75, 3.05) is 32.7 Å². The summed E-state index contributed by atoms with van der Waals surface area (Å²) < 4.78 is 6.28. The highest BCUT2D eigenvalue weighted by Crippen LogP contribution is 2.38. The minimum atomic E-state index is -1.89. The molecule has 5 heteroatoms. The van der Waals surface area contributed by atoms with Crippen molar-refractivity contribution < 1.29 is 9.22 Å². The third-order valence-electron chi connectivity index (χ3n) is 5.08. The standard InChI is InChI=1S/C18H34N2O2Si/c1-8-19(9-2)13-10-11-14-20-15-12-16(17(20)21)22-23(6,7)18(3,4)5/h16H,8-9,12-15H2,1-7H3. The Balaban J connectivity index is 2.52. The van der Waals surface area contributed by atoms with Gasteiger partial charge in [-0.25, -0.2) is 0 Å². The summed E-state index contributed by atoms with van der Waals surface area (Å²) in [6, 6.07) is 0. The van der Waals surface area contributed by atoms with E-state index in [0.717, 1.165) is 32.6 Å². The maximum atomic E-state index is 12.5. The highest BCUT2D eigenvalue weighted by Gasteiger charge is 2.43. The number of carbonyl (C=O) groups is 1. The fraction of sp³-hybridized carbons (Fsp3) is 0.833. The Morgan fingerprint density at radius 3 is 2.39 bits per heavy atom. The van der Waals surface area contributed by atoms with E-state index in [1.807, 2.05) is 4.90 Å². The lowest BCUT2D eigenvalue weighted by molar-refractivity contribution is -0.133. The van der Waals surface area contributed by atoms with Crippen LogP contribution in [0.1, 0.15) is 41.0 Å². The van der Waals surface area contributed by atoms with Crippen LogP contribution in [0.15, 0.2) is 0 Å². The topological polar surface area (TPSA) is 32.8 Å². The van der Waals surface area contributed by atoms with Gasteiger partial charge in [0.2, 0.25) is 0 Å². The summed E-state index contributed by atoms with van der Waals surface area (Å²) in [7, 11) is -1.89. The van der Waals surface area contributed by atoms with Gasteiger partial charge in [-0.05, 0) is 37.6 Å². The van der Waals surface area contributed by atoms with Gasteiger partial charge in [-0.15, -0.1) is 0 Å². The largest absolute Gasteiger partial charge is 0.405 e. The Morgan fingerprint density at radius 1 is 1.26 bits per heavy atom. The predicted molar refractivity (Wildman–Crippen MR) is 98.8 cm³/mol. The molecule has 0 aromatic rings. The van der Waals surface area contributed by atoms with Gasteiger partial charge in [-0.2, -0.15) is 0 Å². The van der Waals surface area contributed by atoms with Crippen LogP contribution < -0.4 is 0 Å². The van der Waals surface area contributed by atoms with E-state index in [1.165, 1.54) is 0 Å². The number of likely N-dealkylation sites (tertiary alicyclic amines) is 1. The number of rotatable bonds is 6. The lowest BCUT2D eigenvalue weighted by atomic mass is 10.2. The molecule has 1 aliphatic rings. The summed E-state index contributed by atoms with van der Waals surface area (Å²) in [5, 5.41) is 0.129. The average molecular weight is 339 g/mol. The lowest BCUT2D eigenvalue weighted by Crippen LogP contribution is -2.46. The van der Waals surface area contributed by atoms with Gasteiger partial charge in [0.25, 0.3) is 5.91 Å². The highest BCUT2D eigenvalue weighted by molar-refractivity contribution is 6.74. The summed E-state index contributed by atoms with van der Waals surface area (Å²) in [6.45, 7) is 19.4. The fourth-order valence-electron chi connectivity index (χ4n) is 2.28. The van der Waals surface area contributed by atoms with Gasteiger partial charge in [0, 0.05) is 6.54 Å². The molecule has 132 valence electrons. The molecule has 1 saturated heterocycles. The molecule has 1 heterocycles. The first kappa shape index (κ1) is 20.2. The van der Waals surface area contributed by atoms with Gasteiger partial charge in [-0.1, -0.05) is 46.5 Å². The molecule has 1 amide bonds. The molecule has 23 heavy (non-hydrogen) atoms. The zero-order valence-corrected chi connectivity index (χ0v) is 17.0. The van der Waals surface area contributed by atoms with Crippen LogP contribution in [0, 0.1) is 11.8 Å². The molecule has 0 aromatic heterocycles. The molecule has 4 nitrogen and oxygen atoms in total. The Bertz CT molecular complexity index is 456. The number of amides is 1. The van der Waals surface area contributed by atoms with E-state index in [4.69, 9.17) is 4.43 Å². The number of hydrogen-bond donors (Lipinski definition) is 0. The van der Waals surface area contributed by atoms with Gasteiger partial charge in [0.1, 0.15) is 6.10 Å². The van der Waals surface area contributed by atoms with E-state index in [1.54, 1.807) is 0 Å². The van der Waals surface area contributed by atoms with E-state index in [-0.39, 0.29) is 17.0 Å². The van der Waals surface area contributed by atoms with Gasteiger partial charge in [0.15, 0.2) is 8.32 Å². The van der Waals surface area contributed by atoms with Gasteiger partial charge in [-0.3, -0.25) is 9.69 Å². The van der Waals surface area contributed by atoms with Crippen LogP contribution in [0.5, 0.6) is 0 Å². The molecule has 0 radical (unpaired) electrons. The van der Waals surface area contributed by atoms with Crippen molar-refractivity contribution >= 4 is 14.2 Å². The quantitative estimate of drug-likeness (QED) is 0.551. The van der Waals surface area contributed by atoms with Crippen LogP contribution in [0.3, 0.4) is 0 Å². The van der Waals surface area contributed by atoms with E-state index in [2.05, 4.69) is 64.5 Å².